The van der Waals surface area contributed by atoms with Gasteiger partial charge in [0.15, 0.2) is 11.5 Å². The summed E-state index contributed by atoms with van der Waals surface area (Å²) in [6.07, 6.45) is 8.10. The predicted octanol–water partition coefficient (Wildman–Crippen LogP) is 5.79. The number of hydrogen-bond acceptors (Lipinski definition) is 7. The molecule has 0 aliphatic heterocycles. The summed E-state index contributed by atoms with van der Waals surface area (Å²) >= 11 is 0. The summed E-state index contributed by atoms with van der Waals surface area (Å²) in [5.74, 6) is -0.656. The van der Waals surface area contributed by atoms with Gasteiger partial charge < -0.3 is 29.6 Å². The molecular formula is C29H34O7. The highest BCUT2D eigenvalue weighted by atomic mass is 16.5. The van der Waals surface area contributed by atoms with E-state index in [1.807, 2.05) is 13.0 Å². The molecule has 0 atom stereocenters. The molecule has 0 saturated carbocycles. The number of aromatic hydroxyl groups is 3. The van der Waals surface area contributed by atoms with E-state index in [1.165, 1.54) is 18.7 Å². The molecule has 36 heavy (non-hydrogen) atoms. The zero-order chi connectivity index (χ0) is 26.6. The number of aliphatic hydroxyl groups excluding tert-OH is 1. The second-order valence-corrected chi connectivity index (χ2v) is 9.30. The molecule has 192 valence electrons. The zero-order valence-corrected chi connectivity index (χ0v) is 21.4. The number of methoxy groups -OCH3 is 1. The van der Waals surface area contributed by atoms with Crippen molar-refractivity contribution in [2.75, 3.05) is 13.7 Å². The largest absolute Gasteiger partial charge is 0.507 e. The van der Waals surface area contributed by atoms with Gasteiger partial charge in [-0.2, -0.15) is 0 Å². The fourth-order valence-electron chi connectivity index (χ4n) is 4.18. The Bertz CT molecular complexity index is 1430. The highest BCUT2D eigenvalue weighted by Crippen LogP contribution is 2.40. The minimum Gasteiger partial charge on any atom is -0.507 e. The Morgan fingerprint density at radius 2 is 1.56 bits per heavy atom. The number of fused-ring (bicyclic) bond motifs is 2. The summed E-state index contributed by atoms with van der Waals surface area (Å²) < 4.78 is 11.5. The van der Waals surface area contributed by atoms with Crippen molar-refractivity contribution < 1.29 is 29.6 Å². The maximum absolute atomic E-state index is 13.7. The highest BCUT2D eigenvalue weighted by Gasteiger charge is 2.23. The Balaban J connectivity index is 2.26. The topological polar surface area (TPSA) is 120 Å². The van der Waals surface area contributed by atoms with E-state index in [-0.39, 0.29) is 52.2 Å². The lowest BCUT2D eigenvalue weighted by molar-refractivity contribution is 0.331. The van der Waals surface area contributed by atoms with Crippen LogP contribution in [-0.4, -0.2) is 34.1 Å². The number of benzene rings is 2. The van der Waals surface area contributed by atoms with Crippen molar-refractivity contribution in [3.8, 4) is 23.0 Å². The number of phenols is 3. The molecule has 3 rings (SSSR count). The van der Waals surface area contributed by atoms with Crippen LogP contribution in [-0.2, 0) is 12.8 Å². The lowest BCUT2D eigenvalue weighted by Gasteiger charge is -2.15. The molecular weight excluding hydrogens is 460 g/mol. The summed E-state index contributed by atoms with van der Waals surface area (Å²) in [6, 6.07) is 2.43. The maximum Gasteiger partial charge on any atom is 0.204 e. The summed E-state index contributed by atoms with van der Waals surface area (Å²) in [7, 11) is 1.42. The number of rotatable bonds is 9. The molecule has 0 spiro atoms. The third-order valence-corrected chi connectivity index (χ3v) is 6.18. The first-order chi connectivity index (χ1) is 17.1. The molecule has 1 heterocycles. The van der Waals surface area contributed by atoms with Crippen molar-refractivity contribution in [3.63, 3.8) is 0 Å². The van der Waals surface area contributed by atoms with Gasteiger partial charge in [0.25, 0.3) is 0 Å². The number of hydrogen-bond donors (Lipinski definition) is 4. The molecule has 0 saturated heterocycles. The van der Waals surface area contributed by atoms with Crippen LogP contribution in [0.25, 0.3) is 21.9 Å². The van der Waals surface area contributed by atoms with Crippen molar-refractivity contribution in [3.05, 3.63) is 68.4 Å². The monoisotopic (exact) mass is 494 g/mol. The first-order valence-electron chi connectivity index (χ1n) is 11.9. The molecule has 0 unspecified atom stereocenters. The summed E-state index contributed by atoms with van der Waals surface area (Å²) in [5.41, 5.74) is 3.45. The zero-order valence-electron chi connectivity index (χ0n) is 21.4. The molecule has 0 radical (unpaired) electrons. The van der Waals surface area contributed by atoms with E-state index in [0.717, 1.165) is 24.5 Å². The lowest BCUT2D eigenvalue weighted by Crippen LogP contribution is -2.08. The van der Waals surface area contributed by atoms with Crippen molar-refractivity contribution in [2.45, 2.75) is 53.4 Å². The van der Waals surface area contributed by atoms with Crippen molar-refractivity contribution in [1.29, 1.82) is 0 Å². The van der Waals surface area contributed by atoms with Crippen LogP contribution in [0.3, 0.4) is 0 Å². The number of ether oxygens (including phenoxy) is 1. The Morgan fingerprint density at radius 3 is 2.19 bits per heavy atom. The lowest BCUT2D eigenvalue weighted by atomic mass is 9.98. The number of aliphatic hydroxyl groups is 1. The smallest absolute Gasteiger partial charge is 0.204 e. The third kappa shape index (κ3) is 5.57. The first-order valence-corrected chi connectivity index (χ1v) is 11.9. The van der Waals surface area contributed by atoms with Crippen LogP contribution < -0.4 is 10.2 Å². The van der Waals surface area contributed by atoms with E-state index in [0.29, 0.717) is 23.1 Å². The van der Waals surface area contributed by atoms with Crippen LogP contribution in [0.1, 0.15) is 51.7 Å². The van der Waals surface area contributed by atoms with Gasteiger partial charge in [-0.1, -0.05) is 34.9 Å². The van der Waals surface area contributed by atoms with Crippen molar-refractivity contribution in [2.24, 2.45) is 0 Å². The summed E-state index contributed by atoms with van der Waals surface area (Å²) in [5, 5.41) is 41.2. The van der Waals surface area contributed by atoms with E-state index in [9.17, 15) is 25.2 Å². The van der Waals surface area contributed by atoms with E-state index < -0.39 is 11.2 Å². The minimum atomic E-state index is -0.489. The predicted molar refractivity (Wildman–Crippen MR) is 142 cm³/mol. The summed E-state index contributed by atoms with van der Waals surface area (Å²) in [6.45, 7) is 7.70. The van der Waals surface area contributed by atoms with Crippen LogP contribution >= 0.6 is 0 Å². The molecule has 0 aliphatic carbocycles. The van der Waals surface area contributed by atoms with Crippen LogP contribution in [0.15, 0.2) is 56.3 Å². The van der Waals surface area contributed by atoms with Crippen LogP contribution in [0.5, 0.6) is 23.0 Å². The summed E-state index contributed by atoms with van der Waals surface area (Å²) in [4.78, 5) is 13.7. The van der Waals surface area contributed by atoms with Gasteiger partial charge in [0, 0.05) is 23.3 Å². The molecule has 0 bridgehead atoms. The second-order valence-electron chi connectivity index (χ2n) is 9.30. The van der Waals surface area contributed by atoms with Crippen molar-refractivity contribution in [1.82, 2.24) is 0 Å². The molecule has 4 N–H and O–H groups in total. The van der Waals surface area contributed by atoms with Gasteiger partial charge in [-0.15, -0.1) is 0 Å². The van der Waals surface area contributed by atoms with Gasteiger partial charge in [-0.25, -0.2) is 0 Å². The quantitative estimate of drug-likeness (QED) is 0.220. The normalized spacial score (nSPS) is 12.4. The Morgan fingerprint density at radius 1 is 0.889 bits per heavy atom. The molecule has 0 fully saturated rings. The number of allylic oxidation sites excluding steroid dienone is 5. The van der Waals surface area contributed by atoms with E-state index in [1.54, 1.807) is 13.0 Å². The van der Waals surface area contributed by atoms with Gasteiger partial charge in [-0.05, 0) is 53.4 Å². The molecule has 3 aromatic rings. The second kappa shape index (κ2) is 11.4. The minimum absolute atomic E-state index is 0.0240. The Kier molecular flexibility index (Phi) is 8.48. The first kappa shape index (κ1) is 26.9. The number of phenolic OH excluding ortho intramolecular Hbond substituents is 3. The van der Waals surface area contributed by atoms with E-state index in [4.69, 9.17) is 9.15 Å². The van der Waals surface area contributed by atoms with Crippen LogP contribution in [0.2, 0.25) is 0 Å². The van der Waals surface area contributed by atoms with Gasteiger partial charge in [-0.3, -0.25) is 4.79 Å². The van der Waals surface area contributed by atoms with Crippen LogP contribution in [0, 0.1) is 0 Å². The van der Waals surface area contributed by atoms with Crippen molar-refractivity contribution >= 4 is 21.9 Å². The Labute approximate surface area is 210 Å². The SMILES string of the molecule is COc1c(O)cc2oc3c(CC=C(C)CO)c(O)cc(O)c3c(=O)c2c1C/C=C(\C)CCC=C(C)C. The molecule has 0 amide bonds. The maximum atomic E-state index is 13.7. The van der Waals surface area contributed by atoms with Gasteiger partial charge >= 0.3 is 0 Å². The van der Waals surface area contributed by atoms with Gasteiger partial charge in [0.2, 0.25) is 5.43 Å². The van der Waals surface area contributed by atoms with Gasteiger partial charge in [0.05, 0.1) is 19.1 Å². The fourth-order valence-corrected chi connectivity index (χ4v) is 4.18. The molecule has 7 heteroatoms. The molecule has 7 nitrogen and oxygen atoms in total. The van der Waals surface area contributed by atoms with E-state index in [2.05, 4.69) is 19.9 Å². The third-order valence-electron chi connectivity index (χ3n) is 6.18. The van der Waals surface area contributed by atoms with Crippen LogP contribution in [0.4, 0.5) is 0 Å². The van der Waals surface area contributed by atoms with Gasteiger partial charge in [0.1, 0.15) is 28.1 Å². The average Bonchev–Trinajstić information content (AvgIpc) is 2.81. The Hall–Kier alpha value is -3.71. The standard InChI is InChI=1S/C29H34O7/c1-16(2)7-6-8-17(3)9-12-20-25-24(14-23(33)28(20)35-5)36-29-19(11-10-18(4)15-30)21(31)13-22(32)26(29)27(25)34/h7,9-10,13-14,30-33H,6,8,11-12,15H2,1-5H3/b17-9+,18-10?. The van der Waals surface area contributed by atoms with E-state index >= 15 is 0 Å². The fraction of sp³-hybridized carbons (Fsp3) is 0.345. The highest BCUT2D eigenvalue weighted by molar-refractivity contribution is 5.98. The average molecular weight is 495 g/mol. The molecule has 2 aromatic carbocycles. The molecule has 1 aromatic heterocycles. The molecule has 0 aliphatic rings.